The molecule has 33 heavy (non-hydrogen) atoms. The van der Waals surface area contributed by atoms with Crippen LogP contribution in [-0.4, -0.2) is 41.2 Å². The molecule has 0 bridgehead atoms. The van der Waals surface area contributed by atoms with Crippen molar-refractivity contribution in [1.82, 2.24) is 9.78 Å². The van der Waals surface area contributed by atoms with Gasteiger partial charge in [0.15, 0.2) is 5.69 Å². The Kier molecular flexibility index (Phi) is 6.96. The molecule has 0 aliphatic heterocycles. The minimum absolute atomic E-state index is 0.201. The van der Waals surface area contributed by atoms with E-state index in [1.54, 1.807) is 12.1 Å². The molecule has 2 aromatic carbocycles. The van der Waals surface area contributed by atoms with Gasteiger partial charge in [-0.2, -0.15) is 26.7 Å². The second-order valence-electron chi connectivity index (χ2n) is 6.87. The van der Waals surface area contributed by atoms with Gasteiger partial charge in [-0.05, 0) is 49.4 Å². The predicted octanol–water partition coefficient (Wildman–Crippen LogP) is 5.51. The van der Waals surface area contributed by atoms with E-state index in [-0.39, 0.29) is 16.5 Å². The van der Waals surface area contributed by atoms with E-state index in [4.69, 9.17) is 27.4 Å². The lowest BCUT2D eigenvalue weighted by molar-refractivity contribution is -0.130. The van der Waals surface area contributed by atoms with Crippen molar-refractivity contribution in [2.24, 2.45) is 0 Å². The third-order valence-electron chi connectivity index (χ3n) is 4.45. The highest BCUT2D eigenvalue weighted by molar-refractivity contribution is 7.87. The number of carbonyl (C=O) groups is 1. The Balaban J connectivity index is 1.99. The smallest absolute Gasteiger partial charge is 0.390 e. The van der Waals surface area contributed by atoms with Crippen LogP contribution in [0.3, 0.4) is 0 Å². The summed E-state index contributed by atoms with van der Waals surface area (Å²) in [5, 5.41) is 14.2. The summed E-state index contributed by atoms with van der Waals surface area (Å²) in [6, 6.07) is 9.88. The molecule has 7 nitrogen and oxygen atoms in total. The highest BCUT2D eigenvalue weighted by atomic mass is 35.5. The van der Waals surface area contributed by atoms with E-state index in [9.17, 15) is 31.5 Å². The molecule has 3 rings (SSSR count). The molecule has 0 amide bonds. The maximum Gasteiger partial charge on any atom is 0.390 e. The van der Waals surface area contributed by atoms with Gasteiger partial charge in [-0.15, -0.1) is 0 Å². The van der Waals surface area contributed by atoms with E-state index >= 15 is 0 Å². The van der Waals surface area contributed by atoms with Crippen molar-refractivity contribution in [3.63, 3.8) is 0 Å². The Labute approximate surface area is 196 Å². The molecule has 0 aliphatic carbocycles. The minimum atomic E-state index is -4.64. The quantitative estimate of drug-likeness (QED) is 0.410. The lowest BCUT2D eigenvalue weighted by Gasteiger charge is -2.12. The first-order valence-corrected chi connectivity index (χ1v) is 11.5. The molecule has 1 N–H and O–H groups in total. The summed E-state index contributed by atoms with van der Waals surface area (Å²) in [5.74, 6) is -2.69. The Morgan fingerprint density at radius 3 is 2.33 bits per heavy atom. The zero-order valence-corrected chi connectivity index (χ0v) is 19.1. The van der Waals surface area contributed by atoms with Gasteiger partial charge in [0.05, 0.1) is 28.6 Å². The summed E-state index contributed by atoms with van der Waals surface area (Å²) in [7, 11) is -4.47. The number of halogens is 5. The molecule has 0 atom stereocenters. The van der Waals surface area contributed by atoms with E-state index in [0.29, 0.717) is 27.5 Å². The van der Waals surface area contributed by atoms with Gasteiger partial charge >= 0.3 is 22.3 Å². The zero-order valence-electron chi connectivity index (χ0n) is 16.7. The van der Waals surface area contributed by atoms with Crippen molar-refractivity contribution < 1.29 is 35.7 Å². The first-order chi connectivity index (χ1) is 15.3. The van der Waals surface area contributed by atoms with Crippen LogP contribution in [0.15, 0.2) is 42.5 Å². The number of rotatable bonds is 7. The van der Waals surface area contributed by atoms with Crippen LogP contribution in [0.5, 0.6) is 5.75 Å². The monoisotopic (exact) mass is 522 g/mol. The summed E-state index contributed by atoms with van der Waals surface area (Å²) in [6.45, 7) is 1.54. The van der Waals surface area contributed by atoms with Crippen LogP contribution in [0.4, 0.5) is 13.2 Å². The van der Waals surface area contributed by atoms with Gasteiger partial charge in [0.25, 0.3) is 0 Å². The summed E-state index contributed by atoms with van der Waals surface area (Å²) < 4.78 is 66.6. The third-order valence-corrected chi connectivity index (χ3v) is 6.14. The topological polar surface area (TPSA) is 98.5 Å². The fourth-order valence-corrected chi connectivity index (χ4v) is 4.42. The van der Waals surface area contributed by atoms with Gasteiger partial charge in [0, 0.05) is 16.1 Å². The molecule has 0 fully saturated rings. The van der Waals surface area contributed by atoms with Crippen LogP contribution in [0.1, 0.15) is 22.5 Å². The van der Waals surface area contributed by atoms with Crippen LogP contribution < -0.4 is 4.18 Å². The molecule has 0 aliphatic rings. The van der Waals surface area contributed by atoms with Crippen LogP contribution >= 0.6 is 23.2 Å². The Morgan fingerprint density at radius 2 is 1.79 bits per heavy atom. The second-order valence-corrected chi connectivity index (χ2v) is 9.40. The van der Waals surface area contributed by atoms with Crippen molar-refractivity contribution in [2.75, 3.05) is 5.75 Å². The molecule has 0 spiro atoms. The molecule has 0 radical (unpaired) electrons. The molecule has 0 unspecified atom stereocenters. The summed E-state index contributed by atoms with van der Waals surface area (Å²) in [5.41, 5.74) is 1.20. The van der Waals surface area contributed by atoms with E-state index in [1.807, 2.05) is 0 Å². The Hall–Kier alpha value is -2.76. The van der Waals surface area contributed by atoms with E-state index in [0.717, 1.165) is 0 Å². The van der Waals surface area contributed by atoms with Crippen molar-refractivity contribution in [3.8, 4) is 22.7 Å². The van der Waals surface area contributed by atoms with Crippen molar-refractivity contribution in [3.05, 3.63) is 63.8 Å². The lowest BCUT2D eigenvalue weighted by atomic mass is 10.1. The van der Waals surface area contributed by atoms with E-state index in [2.05, 4.69) is 5.10 Å². The fourth-order valence-electron chi connectivity index (χ4n) is 2.96. The number of benzene rings is 2. The van der Waals surface area contributed by atoms with Crippen LogP contribution in [0.2, 0.25) is 10.0 Å². The van der Waals surface area contributed by atoms with Crippen molar-refractivity contribution in [2.45, 2.75) is 19.5 Å². The largest absolute Gasteiger partial charge is 0.476 e. The Morgan fingerprint density at radius 1 is 1.15 bits per heavy atom. The number of aromatic carboxylic acids is 1. The molecular formula is C20H15Cl2F3N2O5S. The van der Waals surface area contributed by atoms with Crippen molar-refractivity contribution in [1.29, 1.82) is 0 Å². The molecule has 1 aromatic heterocycles. The SMILES string of the molecule is Cc1c(C(=O)O)nn(-c2ccc(Cl)cc2Cl)c1-c1ccc(OS(=O)(=O)CCC(F)(F)F)cc1. The number of hydrogen-bond donors (Lipinski definition) is 1. The van der Waals surface area contributed by atoms with Gasteiger partial charge < -0.3 is 9.29 Å². The number of carboxylic acids is 1. The van der Waals surface area contributed by atoms with Gasteiger partial charge in [0.1, 0.15) is 5.75 Å². The number of alkyl halides is 3. The summed E-state index contributed by atoms with van der Waals surface area (Å²) in [6.07, 6.45) is -6.17. The molecule has 176 valence electrons. The highest BCUT2D eigenvalue weighted by Crippen LogP contribution is 2.33. The van der Waals surface area contributed by atoms with E-state index in [1.165, 1.54) is 41.9 Å². The maximum atomic E-state index is 12.3. The van der Waals surface area contributed by atoms with Gasteiger partial charge in [-0.1, -0.05) is 23.2 Å². The number of aromatic nitrogens is 2. The third kappa shape index (κ3) is 5.98. The number of nitrogens with zero attached hydrogens (tertiary/aromatic N) is 2. The second kappa shape index (κ2) is 9.24. The van der Waals surface area contributed by atoms with Crippen molar-refractivity contribution >= 4 is 39.3 Å². The molecule has 1 heterocycles. The highest BCUT2D eigenvalue weighted by Gasteiger charge is 2.31. The molecule has 3 aromatic rings. The Bertz CT molecular complexity index is 1310. The van der Waals surface area contributed by atoms with Gasteiger partial charge in [-0.3, -0.25) is 0 Å². The van der Waals surface area contributed by atoms with Gasteiger partial charge in [-0.25, -0.2) is 9.48 Å². The molecule has 0 saturated heterocycles. The maximum absolute atomic E-state index is 12.3. The predicted molar refractivity (Wildman–Crippen MR) is 116 cm³/mol. The average Bonchev–Trinajstić information content (AvgIpc) is 3.04. The fraction of sp³-hybridized carbons (Fsp3) is 0.200. The summed E-state index contributed by atoms with van der Waals surface area (Å²) in [4.78, 5) is 11.6. The summed E-state index contributed by atoms with van der Waals surface area (Å²) >= 11 is 12.2. The minimum Gasteiger partial charge on any atom is -0.476 e. The first-order valence-electron chi connectivity index (χ1n) is 9.15. The normalized spacial score (nSPS) is 12.1. The van der Waals surface area contributed by atoms with Crippen LogP contribution in [0, 0.1) is 6.92 Å². The number of carboxylic acid groups (broad SMARTS) is 1. The lowest BCUT2D eigenvalue weighted by Crippen LogP contribution is -2.20. The van der Waals surface area contributed by atoms with Crippen LogP contribution in [-0.2, 0) is 10.1 Å². The van der Waals surface area contributed by atoms with Gasteiger partial charge in [0.2, 0.25) is 0 Å². The van der Waals surface area contributed by atoms with Crippen LogP contribution in [0.25, 0.3) is 16.9 Å². The molecule has 0 saturated carbocycles. The standard InChI is InChI=1S/C20H15Cl2F3N2O5S/c1-11-17(19(28)29)26-27(16-7-4-13(21)10-15(16)22)18(11)12-2-5-14(6-3-12)32-33(30,31)9-8-20(23,24)25/h2-7,10H,8-9H2,1H3,(H,28,29). The zero-order chi connectivity index (χ0) is 24.6. The average molecular weight is 523 g/mol. The molecule has 13 heteroatoms. The van der Waals surface area contributed by atoms with E-state index < -0.39 is 34.4 Å². The number of hydrogen-bond acceptors (Lipinski definition) is 5. The molecular weight excluding hydrogens is 508 g/mol. The first kappa shape index (κ1) is 24.9.